The minimum atomic E-state index is 0.340. The predicted molar refractivity (Wildman–Crippen MR) is 73.6 cm³/mol. The molecule has 4 heteroatoms. The Morgan fingerprint density at radius 1 is 1.17 bits per heavy atom. The van der Waals surface area contributed by atoms with Crippen molar-refractivity contribution < 1.29 is 4.79 Å². The lowest BCUT2D eigenvalue weighted by Gasteiger charge is -2.35. The van der Waals surface area contributed by atoms with E-state index in [1.54, 1.807) is 0 Å². The van der Waals surface area contributed by atoms with E-state index in [1.807, 2.05) is 0 Å². The molecule has 0 aromatic carbocycles. The normalized spacial score (nSPS) is 26.3. The Morgan fingerprint density at radius 3 is 2.67 bits per heavy atom. The van der Waals surface area contributed by atoms with Crippen LogP contribution >= 0.6 is 0 Å². The van der Waals surface area contributed by atoms with Gasteiger partial charge >= 0.3 is 0 Å². The van der Waals surface area contributed by atoms with Crippen LogP contribution < -0.4 is 5.32 Å². The first kappa shape index (κ1) is 13.8. The monoisotopic (exact) mass is 253 g/mol. The number of piperidine rings is 2. The summed E-state index contributed by atoms with van der Waals surface area (Å²) >= 11 is 0. The number of likely N-dealkylation sites (N-methyl/N-ethyl adjacent to an activating group) is 1. The average Bonchev–Trinajstić information content (AvgIpc) is 2.40. The maximum Gasteiger partial charge on any atom is 0.236 e. The van der Waals surface area contributed by atoms with Gasteiger partial charge in [0.05, 0.1) is 6.54 Å². The molecule has 1 atom stereocenters. The smallest absolute Gasteiger partial charge is 0.236 e. The topological polar surface area (TPSA) is 35.6 Å². The lowest BCUT2D eigenvalue weighted by Crippen LogP contribution is -2.50. The fourth-order valence-corrected chi connectivity index (χ4v) is 3.09. The third-order valence-corrected chi connectivity index (χ3v) is 4.07. The maximum atomic E-state index is 12.2. The van der Waals surface area contributed by atoms with E-state index in [0.717, 1.165) is 32.7 Å². The number of likely N-dealkylation sites (tertiary alicyclic amines) is 2. The lowest BCUT2D eigenvalue weighted by atomic mass is 10.1. The van der Waals surface area contributed by atoms with Crippen LogP contribution in [-0.2, 0) is 4.79 Å². The van der Waals surface area contributed by atoms with Crippen molar-refractivity contribution in [1.82, 2.24) is 15.1 Å². The van der Waals surface area contributed by atoms with Crippen molar-refractivity contribution in [3.8, 4) is 0 Å². The molecule has 4 nitrogen and oxygen atoms in total. The Kier molecular flexibility index (Phi) is 5.45. The molecule has 2 aliphatic rings. The molecule has 2 heterocycles. The molecule has 0 bridgehead atoms. The number of nitrogens with one attached hydrogen (secondary N) is 1. The molecule has 2 fully saturated rings. The van der Waals surface area contributed by atoms with Crippen molar-refractivity contribution in [2.45, 2.75) is 45.1 Å². The summed E-state index contributed by atoms with van der Waals surface area (Å²) in [5.74, 6) is 0.340. The minimum Gasteiger partial charge on any atom is -0.342 e. The molecular formula is C14H27N3O. The van der Waals surface area contributed by atoms with Gasteiger partial charge in [0.2, 0.25) is 5.91 Å². The molecule has 1 unspecified atom stereocenters. The van der Waals surface area contributed by atoms with Gasteiger partial charge in [0.25, 0.3) is 0 Å². The Labute approximate surface area is 111 Å². The van der Waals surface area contributed by atoms with Crippen LogP contribution in [0.5, 0.6) is 0 Å². The molecule has 2 saturated heterocycles. The van der Waals surface area contributed by atoms with E-state index < -0.39 is 0 Å². The van der Waals surface area contributed by atoms with Crippen LogP contribution in [0.15, 0.2) is 0 Å². The molecule has 0 aliphatic carbocycles. The highest BCUT2D eigenvalue weighted by molar-refractivity contribution is 5.78. The highest BCUT2D eigenvalue weighted by atomic mass is 16.2. The fourth-order valence-electron chi connectivity index (χ4n) is 3.09. The summed E-state index contributed by atoms with van der Waals surface area (Å²) in [7, 11) is 0. The van der Waals surface area contributed by atoms with Crippen molar-refractivity contribution >= 4 is 5.91 Å². The second-order valence-corrected chi connectivity index (χ2v) is 5.57. The van der Waals surface area contributed by atoms with Crippen LogP contribution in [-0.4, -0.2) is 61.0 Å². The van der Waals surface area contributed by atoms with E-state index >= 15 is 0 Å². The highest BCUT2D eigenvalue weighted by Crippen LogP contribution is 2.12. The van der Waals surface area contributed by atoms with Crippen LogP contribution in [0, 0.1) is 0 Å². The highest BCUT2D eigenvalue weighted by Gasteiger charge is 2.23. The Balaban J connectivity index is 1.75. The van der Waals surface area contributed by atoms with Crippen LogP contribution in [0.2, 0.25) is 0 Å². The van der Waals surface area contributed by atoms with Crippen molar-refractivity contribution in [2.75, 3.05) is 39.3 Å². The summed E-state index contributed by atoms with van der Waals surface area (Å²) in [5.41, 5.74) is 0. The van der Waals surface area contributed by atoms with Crippen molar-refractivity contribution in [1.29, 1.82) is 0 Å². The fraction of sp³-hybridized carbons (Fsp3) is 0.929. The molecule has 1 amide bonds. The Morgan fingerprint density at radius 2 is 1.94 bits per heavy atom. The second-order valence-electron chi connectivity index (χ2n) is 5.57. The molecule has 18 heavy (non-hydrogen) atoms. The summed E-state index contributed by atoms with van der Waals surface area (Å²) in [4.78, 5) is 16.6. The van der Waals surface area contributed by atoms with Crippen molar-refractivity contribution in [3.05, 3.63) is 0 Å². The largest absolute Gasteiger partial charge is 0.342 e. The van der Waals surface area contributed by atoms with Gasteiger partial charge in [-0.3, -0.25) is 9.69 Å². The summed E-state index contributed by atoms with van der Waals surface area (Å²) in [6, 6.07) is 0.581. The number of amides is 1. The van der Waals surface area contributed by atoms with E-state index in [0.29, 0.717) is 18.5 Å². The lowest BCUT2D eigenvalue weighted by molar-refractivity contribution is -0.133. The summed E-state index contributed by atoms with van der Waals surface area (Å²) in [6.07, 6.45) is 6.13. The number of hydrogen-bond donors (Lipinski definition) is 1. The van der Waals surface area contributed by atoms with Crippen LogP contribution in [0.3, 0.4) is 0 Å². The SMILES string of the molecule is CCNC1CCCN(CC(=O)N2CCCCC2)C1. The molecule has 0 aromatic rings. The molecular weight excluding hydrogens is 226 g/mol. The van der Waals surface area contributed by atoms with Gasteiger partial charge in [0.15, 0.2) is 0 Å². The number of hydrogen-bond acceptors (Lipinski definition) is 3. The van der Waals surface area contributed by atoms with Crippen molar-refractivity contribution in [2.24, 2.45) is 0 Å². The zero-order chi connectivity index (χ0) is 12.8. The van der Waals surface area contributed by atoms with Gasteiger partial charge in [-0.1, -0.05) is 6.92 Å². The number of nitrogens with zero attached hydrogens (tertiary/aromatic N) is 2. The van der Waals surface area contributed by atoms with E-state index in [9.17, 15) is 4.79 Å². The Hall–Kier alpha value is -0.610. The minimum absolute atomic E-state index is 0.340. The third-order valence-electron chi connectivity index (χ3n) is 4.07. The quantitative estimate of drug-likeness (QED) is 0.814. The van der Waals surface area contributed by atoms with Gasteiger partial charge < -0.3 is 10.2 Å². The molecule has 0 spiro atoms. The van der Waals surface area contributed by atoms with Crippen LogP contribution in [0.4, 0.5) is 0 Å². The first-order valence-corrected chi connectivity index (χ1v) is 7.53. The molecule has 104 valence electrons. The first-order chi connectivity index (χ1) is 8.79. The van der Waals surface area contributed by atoms with Crippen molar-refractivity contribution in [3.63, 3.8) is 0 Å². The zero-order valence-corrected chi connectivity index (χ0v) is 11.7. The number of rotatable bonds is 4. The van der Waals surface area contributed by atoms with Crippen LogP contribution in [0.1, 0.15) is 39.0 Å². The summed E-state index contributed by atoms with van der Waals surface area (Å²) < 4.78 is 0. The zero-order valence-electron chi connectivity index (χ0n) is 11.7. The third kappa shape index (κ3) is 3.95. The van der Waals surface area contributed by atoms with Gasteiger partial charge in [0, 0.05) is 25.7 Å². The standard InChI is InChI=1S/C14H27N3O/c1-2-15-13-7-6-8-16(11-13)12-14(18)17-9-4-3-5-10-17/h13,15H,2-12H2,1H3. The molecule has 2 rings (SSSR count). The van der Waals surface area contributed by atoms with Gasteiger partial charge in [-0.2, -0.15) is 0 Å². The molecule has 2 aliphatic heterocycles. The van der Waals surface area contributed by atoms with Gasteiger partial charge in [0.1, 0.15) is 0 Å². The van der Waals surface area contributed by atoms with E-state index in [4.69, 9.17) is 0 Å². The molecule has 0 saturated carbocycles. The van der Waals surface area contributed by atoms with E-state index in [1.165, 1.54) is 32.1 Å². The van der Waals surface area contributed by atoms with Gasteiger partial charge in [-0.05, 0) is 45.2 Å². The maximum absolute atomic E-state index is 12.2. The second kappa shape index (κ2) is 7.10. The molecule has 0 aromatic heterocycles. The van der Waals surface area contributed by atoms with E-state index in [2.05, 4.69) is 22.0 Å². The van der Waals surface area contributed by atoms with Gasteiger partial charge in [-0.15, -0.1) is 0 Å². The Bertz CT molecular complexity index is 262. The molecule has 1 N–H and O–H groups in total. The number of carbonyl (C=O) groups excluding carboxylic acids is 1. The first-order valence-electron chi connectivity index (χ1n) is 7.53. The van der Waals surface area contributed by atoms with Gasteiger partial charge in [-0.25, -0.2) is 0 Å². The predicted octanol–water partition coefficient (Wildman–Crippen LogP) is 1.07. The molecule has 0 radical (unpaired) electrons. The summed E-state index contributed by atoms with van der Waals surface area (Å²) in [5, 5.41) is 3.50. The summed E-state index contributed by atoms with van der Waals surface area (Å²) in [6.45, 7) is 7.87. The average molecular weight is 253 g/mol. The number of carbonyl (C=O) groups is 1. The van der Waals surface area contributed by atoms with E-state index in [-0.39, 0.29) is 0 Å². The van der Waals surface area contributed by atoms with Crippen LogP contribution in [0.25, 0.3) is 0 Å².